The lowest BCUT2D eigenvalue weighted by Crippen LogP contribution is -2.12. The first-order valence-electron chi connectivity index (χ1n) is 4.52. The van der Waals surface area contributed by atoms with Crippen LogP contribution in [0.3, 0.4) is 0 Å². The molecule has 0 bridgehead atoms. The van der Waals surface area contributed by atoms with Gasteiger partial charge in [0, 0.05) is 39.7 Å². The Morgan fingerprint density at radius 1 is 1.50 bits per heavy atom. The Bertz CT molecular complexity index is 425. The van der Waals surface area contributed by atoms with Gasteiger partial charge in [0.2, 0.25) is 0 Å². The topological polar surface area (TPSA) is 86.2 Å². The first kappa shape index (κ1) is 13.1. The predicted octanol–water partition coefficient (Wildman–Crippen LogP) is 1.46. The second kappa shape index (κ2) is 5.93. The van der Waals surface area contributed by atoms with Crippen molar-refractivity contribution in [2.75, 3.05) is 12.3 Å². The van der Waals surface area contributed by atoms with Crippen LogP contribution in [0.2, 0.25) is 5.02 Å². The smallest absolute Gasteiger partial charge is 0.275 e. The summed E-state index contributed by atoms with van der Waals surface area (Å²) in [6, 6.07) is 4.33. The maximum absolute atomic E-state index is 11.4. The third kappa shape index (κ3) is 3.55. The van der Waals surface area contributed by atoms with Crippen molar-refractivity contribution in [2.24, 2.45) is 5.73 Å². The highest BCUT2D eigenvalue weighted by molar-refractivity contribution is 7.84. The van der Waals surface area contributed by atoms with Crippen molar-refractivity contribution in [3.63, 3.8) is 0 Å². The molecule has 7 heteroatoms. The summed E-state index contributed by atoms with van der Waals surface area (Å²) >= 11 is 5.66. The van der Waals surface area contributed by atoms with Crippen molar-refractivity contribution in [3.8, 4) is 0 Å². The molecule has 16 heavy (non-hydrogen) atoms. The summed E-state index contributed by atoms with van der Waals surface area (Å²) in [5, 5.41) is 11.0. The van der Waals surface area contributed by atoms with Crippen molar-refractivity contribution in [1.82, 2.24) is 0 Å². The highest BCUT2D eigenvalue weighted by Gasteiger charge is 2.15. The Labute approximate surface area is 100 Å². The molecular formula is C9H11ClN2O3S. The molecule has 1 atom stereocenters. The number of benzene rings is 1. The fourth-order valence-corrected chi connectivity index (χ4v) is 2.37. The number of halogens is 1. The molecule has 1 rings (SSSR count). The molecular weight excluding hydrogens is 252 g/mol. The van der Waals surface area contributed by atoms with Crippen LogP contribution in [0.5, 0.6) is 0 Å². The Morgan fingerprint density at radius 3 is 2.75 bits per heavy atom. The number of hydrogen-bond donors (Lipinski definition) is 1. The van der Waals surface area contributed by atoms with Crippen molar-refractivity contribution in [1.29, 1.82) is 0 Å². The van der Waals surface area contributed by atoms with Gasteiger partial charge in [0.15, 0.2) is 0 Å². The van der Waals surface area contributed by atoms with E-state index in [9.17, 15) is 14.3 Å². The highest BCUT2D eigenvalue weighted by atomic mass is 35.5. The number of nitro groups is 1. The molecule has 0 aliphatic rings. The van der Waals surface area contributed by atoms with E-state index in [0.29, 0.717) is 22.9 Å². The zero-order chi connectivity index (χ0) is 12.1. The van der Waals surface area contributed by atoms with Crippen molar-refractivity contribution >= 4 is 28.1 Å². The molecule has 1 aromatic carbocycles. The molecule has 0 fully saturated rings. The molecule has 2 N–H and O–H groups in total. The quantitative estimate of drug-likeness (QED) is 0.643. The second-order valence-corrected chi connectivity index (χ2v) is 5.12. The summed E-state index contributed by atoms with van der Waals surface area (Å²) in [7, 11) is -1.18. The van der Waals surface area contributed by atoms with Crippen LogP contribution in [0, 0.1) is 10.1 Å². The molecule has 0 spiro atoms. The molecule has 0 saturated carbocycles. The third-order valence-corrected chi connectivity index (χ3v) is 3.47. The molecule has 0 aliphatic heterocycles. The Hall–Kier alpha value is -0.980. The van der Waals surface area contributed by atoms with E-state index in [4.69, 9.17) is 17.3 Å². The molecule has 88 valence electrons. The average Bonchev–Trinajstić information content (AvgIpc) is 2.20. The molecule has 0 heterocycles. The lowest BCUT2D eigenvalue weighted by Gasteiger charge is -2.03. The maximum atomic E-state index is 11.4. The van der Waals surface area contributed by atoms with Gasteiger partial charge in [0.1, 0.15) is 0 Å². The lowest BCUT2D eigenvalue weighted by molar-refractivity contribution is -0.385. The zero-order valence-electron chi connectivity index (χ0n) is 8.39. The summed E-state index contributed by atoms with van der Waals surface area (Å²) in [6.45, 7) is 0.300. The second-order valence-electron chi connectivity index (χ2n) is 3.11. The molecule has 5 nitrogen and oxygen atoms in total. The van der Waals surface area contributed by atoms with Crippen LogP contribution in [0.15, 0.2) is 18.2 Å². The molecule has 0 aromatic heterocycles. The van der Waals surface area contributed by atoms with Crippen LogP contribution in [0.4, 0.5) is 5.69 Å². The SMILES string of the molecule is NCCS(=O)Cc1ccc(Cl)cc1[N+](=O)[O-]. The van der Waals surface area contributed by atoms with Gasteiger partial charge in [-0.1, -0.05) is 11.6 Å². The molecule has 0 radical (unpaired) electrons. The van der Waals surface area contributed by atoms with Gasteiger partial charge in [-0.05, 0) is 12.1 Å². The van der Waals surface area contributed by atoms with Gasteiger partial charge >= 0.3 is 0 Å². The van der Waals surface area contributed by atoms with E-state index in [1.165, 1.54) is 12.1 Å². The summed E-state index contributed by atoms with van der Waals surface area (Å²) in [4.78, 5) is 10.2. The van der Waals surface area contributed by atoms with Gasteiger partial charge in [-0.15, -0.1) is 0 Å². The third-order valence-electron chi connectivity index (χ3n) is 1.91. The van der Waals surface area contributed by atoms with Crippen molar-refractivity contribution in [2.45, 2.75) is 5.75 Å². The summed E-state index contributed by atoms with van der Waals surface area (Å²) in [5.74, 6) is 0.463. The van der Waals surface area contributed by atoms with E-state index in [1.807, 2.05) is 0 Å². The fraction of sp³-hybridized carbons (Fsp3) is 0.333. The van der Waals surface area contributed by atoms with Gasteiger partial charge in [-0.25, -0.2) is 0 Å². The van der Waals surface area contributed by atoms with Gasteiger partial charge in [0.25, 0.3) is 5.69 Å². The lowest BCUT2D eigenvalue weighted by atomic mass is 10.2. The Morgan fingerprint density at radius 2 is 2.19 bits per heavy atom. The van der Waals surface area contributed by atoms with Gasteiger partial charge < -0.3 is 5.73 Å². The predicted molar refractivity (Wildman–Crippen MR) is 63.9 cm³/mol. The maximum Gasteiger partial charge on any atom is 0.275 e. The number of nitrogens with two attached hydrogens (primary N) is 1. The van der Waals surface area contributed by atoms with E-state index >= 15 is 0 Å². The summed E-state index contributed by atoms with van der Waals surface area (Å²) in [6.07, 6.45) is 0. The normalized spacial score (nSPS) is 12.4. The average molecular weight is 263 g/mol. The van der Waals surface area contributed by atoms with Gasteiger partial charge in [-0.2, -0.15) is 0 Å². The van der Waals surface area contributed by atoms with E-state index in [-0.39, 0.29) is 11.4 Å². The van der Waals surface area contributed by atoms with E-state index < -0.39 is 15.7 Å². The minimum Gasteiger partial charge on any atom is -0.330 e. The number of rotatable bonds is 5. The summed E-state index contributed by atoms with van der Waals surface area (Å²) in [5.41, 5.74) is 5.58. The molecule has 0 saturated heterocycles. The largest absolute Gasteiger partial charge is 0.330 e. The Kier molecular flexibility index (Phi) is 4.85. The van der Waals surface area contributed by atoms with E-state index in [2.05, 4.69) is 0 Å². The molecule has 1 aromatic rings. The minimum atomic E-state index is -1.18. The molecule has 0 aliphatic carbocycles. The van der Waals surface area contributed by atoms with E-state index in [0.717, 1.165) is 0 Å². The van der Waals surface area contributed by atoms with Crippen LogP contribution < -0.4 is 5.73 Å². The summed E-state index contributed by atoms with van der Waals surface area (Å²) < 4.78 is 11.4. The number of nitrogens with zero attached hydrogens (tertiary/aromatic N) is 1. The first-order valence-corrected chi connectivity index (χ1v) is 6.39. The first-order chi connectivity index (χ1) is 7.54. The zero-order valence-corrected chi connectivity index (χ0v) is 9.96. The van der Waals surface area contributed by atoms with Crippen LogP contribution in [0.25, 0.3) is 0 Å². The minimum absolute atomic E-state index is 0.0992. The fourth-order valence-electron chi connectivity index (χ4n) is 1.21. The van der Waals surface area contributed by atoms with Crippen LogP contribution in [-0.4, -0.2) is 21.4 Å². The number of hydrogen-bond acceptors (Lipinski definition) is 4. The van der Waals surface area contributed by atoms with Crippen LogP contribution in [-0.2, 0) is 16.6 Å². The van der Waals surface area contributed by atoms with Crippen molar-refractivity contribution in [3.05, 3.63) is 38.9 Å². The van der Waals surface area contributed by atoms with E-state index in [1.54, 1.807) is 6.07 Å². The Balaban J connectivity index is 2.95. The molecule has 1 unspecified atom stereocenters. The number of nitro benzene ring substituents is 1. The highest BCUT2D eigenvalue weighted by Crippen LogP contribution is 2.24. The monoisotopic (exact) mass is 262 g/mol. The standard InChI is InChI=1S/C9H11ClN2O3S/c10-8-2-1-7(6-16(15)4-3-11)9(5-8)12(13)14/h1-2,5H,3-4,6,11H2. The van der Waals surface area contributed by atoms with Crippen LogP contribution >= 0.6 is 11.6 Å². The van der Waals surface area contributed by atoms with Gasteiger partial charge in [0.05, 0.1) is 10.7 Å². The van der Waals surface area contributed by atoms with Crippen molar-refractivity contribution < 1.29 is 9.13 Å². The molecule has 0 amide bonds. The van der Waals surface area contributed by atoms with Crippen LogP contribution in [0.1, 0.15) is 5.56 Å². The van der Waals surface area contributed by atoms with Gasteiger partial charge in [-0.3, -0.25) is 14.3 Å².